The number of nitro benzene ring substituents is 1. The summed E-state index contributed by atoms with van der Waals surface area (Å²) in [4.78, 5) is 26.6. The van der Waals surface area contributed by atoms with Crippen LogP contribution in [0.4, 0.5) is 11.4 Å². The van der Waals surface area contributed by atoms with Gasteiger partial charge in [0.15, 0.2) is 0 Å². The predicted octanol–water partition coefficient (Wildman–Crippen LogP) is 3.40. The van der Waals surface area contributed by atoms with E-state index in [2.05, 4.69) is 10.3 Å². The standard InChI is InChI=1S/C16H11N3O3/c20-16(17-12-6-8-13(9-7-12)19(21)22)15-10-5-11-3-1-2-4-14(11)18-15/h1-10H,(H,17,20). The molecule has 0 spiro atoms. The molecule has 0 aliphatic carbocycles. The third-order valence-electron chi connectivity index (χ3n) is 3.17. The highest BCUT2D eigenvalue weighted by Crippen LogP contribution is 2.17. The minimum atomic E-state index is -0.490. The van der Waals surface area contributed by atoms with Gasteiger partial charge in [-0.2, -0.15) is 0 Å². The van der Waals surface area contributed by atoms with Gasteiger partial charge in [-0.1, -0.05) is 24.3 Å². The molecule has 6 nitrogen and oxygen atoms in total. The number of aromatic nitrogens is 1. The molecule has 1 N–H and O–H groups in total. The molecule has 0 unspecified atom stereocenters. The zero-order chi connectivity index (χ0) is 15.5. The summed E-state index contributed by atoms with van der Waals surface area (Å²) in [6, 6.07) is 16.6. The SMILES string of the molecule is O=C(Nc1ccc([N+](=O)[O-])cc1)c1ccc2ccccc2n1. The molecule has 1 heterocycles. The van der Waals surface area contributed by atoms with E-state index in [1.165, 1.54) is 24.3 Å². The van der Waals surface area contributed by atoms with Crippen molar-refractivity contribution in [1.82, 2.24) is 4.98 Å². The number of fused-ring (bicyclic) bond motifs is 1. The van der Waals surface area contributed by atoms with Gasteiger partial charge in [-0.05, 0) is 24.3 Å². The first-order valence-corrected chi connectivity index (χ1v) is 6.55. The lowest BCUT2D eigenvalue weighted by Crippen LogP contribution is -2.13. The van der Waals surface area contributed by atoms with E-state index >= 15 is 0 Å². The summed E-state index contributed by atoms with van der Waals surface area (Å²) in [5.74, 6) is -0.361. The van der Waals surface area contributed by atoms with E-state index in [0.29, 0.717) is 5.69 Å². The summed E-state index contributed by atoms with van der Waals surface area (Å²) in [5, 5.41) is 14.2. The van der Waals surface area contributed by atoms with Crippen LogP contribution in [0.15, 0.2) is 60.7 Å². The summed E-state index contributed by atoms with van der Waals surface area (Å²) in [5.41, 5.74) is 1.48. The second kappa shape index (κ2) is 5.61. The third kappa shape index (κ3) is 2.76. The van der Waals surface area contributed by atoms with Gasteiger partial charge in [-0.25, -0.2) is 4.98 Å². The van der Waals surface area contributed by atoms with E-state index in [1.54, 1.807) is 6.07 Å². The van der Waals surface area contributed by atoms with Crippen molar-refractivity contribution in [2.24, 2.45) is 0 Å². The van der Waals surface area contributed by atoms with Crippen molar-refractivity contribution < 1.29 is 9.72 Å². The molecule has 0 aliphatic rings. The molecular formula is C16H11N3O3. The Hall–Kier alpha value is -3.28. The molecule has 2 aromatic carbocycles. The first-order valence-electron chi connectivity index (χ1n) is 6.55. The fraction of sp³-hybridized carbons (Fsp3) is 0. The summed E-state index contributed by atoms with van der Waals surface area (Å²) in [6.45, 7) is 0. The first kappa shape index (κ1) is 13.7. The van der Waals surface area contributed by atoms with Crippen LogP contribution >= 0.6 is 0 Å². The van der Waals surface area contributed by atoms with E-state index < -0.39 is 4.92 Å². The van der Waals surface area contributed by atoms with Gasteiger partial charge in [-0.3, -0.25) is 14.9 Å². The highest BCUT2D eigenvalue weighted by atomic mass is 16.6. The van der Waals surface area contributed by atoms with Crippen LogP contribution in [-0.4, -0.2) is 15.8 Å². The number of nitro groups is 1. The Bertz CT molecular complexity index is 860. The number of nitrogens with zero attached hydrogens (tertiary/aromatic N) is 2. The molecule has 0 fully saturated rings. The number of amides is 1. The quantitative estimate of drug-likeness (QED) is 0.592. The Kier molecular flexibility index (Phi) is 3.49. The van der Waals surface area contributed by atoms with E-state index in [9.17, 15) is 14.9 Å². The Morgan fingerprint density at radius 3 is 2.45 bits per heavy atom. The number of hydrogen-bond donors (Lipinski definition) is 1. The first-order chi connectivity index (χ1) is 10.6. The van der Waals surface area contributed by atoms with E-state index in [0.717, 1.165) is 10.9 Å². The normalized spacial score (nSPS) is 10.4. The number of benzene rings is 2. The smallest absolute Gasteiger partial charge is 0.274 e. The van der Waals surface area contributed by atoms with Crippen molar-refractivity contribution in [3.63, 3.8) is 0 Å². The van der Waals surface area contributed by atoms with Crippen LogP contribution in [0.2, 0.25) is 0 Å². The van der Waals surface area contributed by atoms with Crippen molar-refractivity contribution in [1.29, 1.82) is 0 Å². The van der Waals surface area contributed by atoms with Gasteiger partial charge in [0.25, 0.3) is 11.6 Å². The summed E-state index contributed by atoms with van der Waals surface area (Å²) in [7, 11) is 0. The van der Waals surface area contributed by atoms with Crippen molar-refractivity contribution in [2.45, 2.75) is 0 Å². The number of pyridine rings is 1. The van der Waals surface area contributed by atoms with Gasteiger partial charge in [0.1, 0.15) is 5.69 Å². The predicted molar refractivity (Wildman–Crippen MR) is 82.8 cm³/mol. The second-order valence-corrected chi connectivity index (χ2v) is 4.65. The Morgan fingerprint density at radius 1 is 1.00 bits per heavy atom. The number of non-ortho nitro benzene ring substituents is 1. The van der Waals surface area contributed by atoms with Crippen molar-refractivity contribution in [2.75, 3.05) is 5.32 Å². The monoisotopic (exact) mass is 293 g/mol. The van der Waals surface area contributed by atoms with Crippen LogP contribution in [0.3, 0.4) is 0 Å². The number of rotatable bonds is 3. The molecule has 0 radical (unpaired) electrons. The maximum atomic E-state index is 12.2. The Balaban J connectivity index is 1.81. The van der Waals surface area contributed by atoms with Gasteiger partial charge in [-0.15, -0.1) is 0 Å². The van der Waals surface area contributed by atoms with E-state index in [-0.39, 0.29) is 17.3 Å². The topological polar surface area (TPSA) is 85.1 Å². The Labute approximate surface area is 125 Å². The maximum Gasteiger partial charge on any atom is 0.274 e. The maximum absolute atomic E-state index is 12.2. The number of carbonyl (C=O) groups excluding carboxylic acids is 1. The largest absolute Gasteiger partial charge is 0.321 e. The molecule has 108 valence electrons. The summed E-state index contributed by atoms with van der Waals surface area (Å²) >= 11 is 0. The molecule has 1 aromatic heterocycles. The molecule has 3 rings (SSSR count). The minimum absolute atomic E-state index is 0.0261. The lowest BCUT2D eigenvalue weighted by molar-refractivity contribution is -0.384. The highest BCUT2D eigenvalue weighted by Gasteiger charge is 2.10. The van der Waals surface area contributed by atoms with Gasteiger partial charge in [0.05, 0.1) is 10.4 Å². The average molecular weight is 293 g/mol. The van der Waals surface area contributed by atoms with Crippen LogP contribution in [-0.2, 0) is 0 Å². The highest BCUT2D eigenvalue weighted by molar-refractivity contribution is 6.04. The minimum Gasteiger partial charge on any atom is -0.321 e. The molecular weight excluding hydrogens is 282 g/mol. The Morgan fingerprint density at radius 2 is 1.73 bits per heavy atom. The molecule has 0 saturated heterocycles. The molecule has 6 heteroatoms. The number of hydrogen-bond acceptors (Lipinski definition) is 4. The molecule has 22 heavy (non-hydrogen) atoms. The fourth-order valence-corrected chi connectivity index (χ4v) is 2.05. The van der Waals surface area contributed by atoms with Crippen molar-refractivity contribution in [3.8, 4) is 0 Å². The lowest BCUT2D eigenvalue weighted by atomic mass is 10.2. The zero-order valence-corrected chi connectivity index (χ0v) is 11.4. The van der Waals surface area contributed by atoms with Crippen LogP contribution in [0.1, 0.15) is 10.5 Å². The van der Waals surface area contributed by atoms with Crippen LogP contribution in [0.5, 0.6) is 0 Å². The molecule has 1 amide bonds. The average Bonchev–Trinajstić information content (AvgIpc) is 2.55. The zero-order valence-electron chi connectivity index (χ0n) is 11.4. The number of para-hydroxylation sites is 1. The van der Waals surface area contributed by atoms with Crippen molar-refractivity contribution >= 4 is 28.2 Å². The van der Waals surface area contributed by atoms with Gasteiger partial charge in [0, 0.05) is 23.2 Å². The van der Waals surface area contributed by atoms with E-state index in [1.807, 2.05) is 30.3 Å². The fourth-order valence-electron chi connectivity index (χ4n) is 2.05. The van der Waals surface area contributed by atoms with Gasteiger partial charge >= 0.3 is 0 Å². The summed E-state index contributed by atoms with van der Waals surface area (Å²) < 4.78 is 0. The molecule has 0 bridgehead atoms. The van der Waals surface area contributed by atoms with Crippen LogP contribution < -0.4 is 5.32 Å². The number of carbonyl (C=O) groups is 1. The summed E-state index contributed by atoms with van der Waals surface area (Å²) in [6.07, 6.45) is 0. The number of nitrogens with one attached hydrogen (secondary N) is 1. The lowest BCUT2D eigenvalue weighted by Gasteiger charge is -2.05. The van der Waals surface area contributed by atoms with Crippen LogP contribution in [0.25, 0.3) is 10.9 Å². The second-order valence-electron chi connectivity index (χ2n) is 4.65. The molecule has 0 saturated carbocycles. The number of anilines is 1. The van der Waals surface area contributed by atoms with Crippen LogP contribution in [0, 0.1) is 10.1 Å². The van der Waals surface area contributed by atoms with Gasteiger partial charge < -0.3 is 5.32 Å². The third-order valence-corrected chi connectivity index (χ3v) is 3.17. The molecule has 3 aromatic rings. The molecule has 0 atom stereocenters. The van der Waals surface area contributed by atoms with E-state index in [4.69, 9.17) is 0 Å². The van der Waals surface area contributed by atoms with Crippen molar-refractivity contribution in [3.05, 3.63) is 76.5 Å². The molecule has 0 aliphatic heterocycles. The van der Waals surface area contributed by atoms with Gasteiger partial charge in [0.2, 0.25) is 0 Å².